The predicted molar refractivity (Wildman–Crippen MR) is 220 cm³/mol. The molecule has 0 saturated heterocycles. The van der Waals surface area contributed by atoms with Crippen LogP contribution in [0.15, 0.2) is 0 Å². The summed E-state index contributed by atoms with van der Waals surface area (Å²) in [4.78, 5) is 37.7. The van der Waals surface area contributed by atoms with Gasteiger partial charge in [-0.2, -0.15) is 0 Å². The Morgan fingerprint density at radius 3 is 0.942 bits per heavy atom. The van der Waals surface area contributed by atoms with Crippen molar-refractivity contribution in [1.29, 1.82) is 0 Å². The molecule has 6 nitrogen and oxygen atoms in total. The Hall–Kier alpha value is -1.59. The smallest absolute Gasteiger partial charge is 0.306 e. The molecule has 0 rings (SSSR count). The van der Waals surface area contributed by atoms with Crippen molar-refractivity contribution < 1.29 is 28.6 Å². The van der Waals surface area contributed by atoms with Gasteiger partial charge in [-0.1, -0.05) is 208 Å². The molecule has 0 radical (unpaired) electrons. The number of hydrogen-bond acceptors (Lipinski definition) is 6. The second kappa shape index (κ2) is 39.1. The van der Waals surface area contributed by atoms with Gasteiger partial charge in [0.15, 0.2) is 6.10 Å². The lowest BCUT2D eigenvalue weighted by atomic mass is 10.0. The normalized spacial score (nSPS) is 12.1. The highest BCUT2D eigenvalue weighted by molar-refractivity contribution is 5.71. The van der Waals surface area contributed by atoms with Gasteiger partial charge in [0.2, 0.25) is 0 Å². The van der Waals surface area contributed by atoms with Crippen molar-refractivity contribution in [2.75, 3.05) is 13.2 Å². The van der Waals surface area contributed by atoms with Crippen LogP contribution in [0.1, 0.15) is 247 Å². The van der Waals surface area contributed by atoms with Gasteiger partial charge in [-0.3, -0.25) is 14.4 Å². The van der Waals surface area contributed by atoms with Crippen LogP contribution < -0.4 is 0 Å². The van der Waals surface area contributed by atoms with Gasteiger partial charge >= 0.3 is 17.9 Å². The maximum Gasteiger partial charge on any atom is 0.306 e. The lowest BCUT2D eigenvalue weighted by Crippen LogP contribution is -2.30. The van der Waals surface area contributed by atoms with E-state index >= 15 is 0 Å². The van der Waals surface area contributed by atoms with E-state index in [1.165, 1.54) is 135 Å². The summed E-state index contributed by atoms with van der Waals surface area (Å²) in [7, 11) is 0. The highest BCUT2D eigenvalue weighted by Crippen LogP contribution is 2.16. The summed E-state index contributed by atoms with van der Waals surface area (Å²) in [6.45, 7) is 11.3. The van der Waals surface area contributed by atoms with Crippen LogP contribution in [-0.2, 0) is 28.6 Å². The second-order valence-electron chi connectivity index (χ2n) is 16.6. The quantitative estimate of drug-likeness (QED) is 0.0354. The van der Waals surface area contributed by atoms with Crippen LogP contribution in [0.4, 0.5) is 0 Å². The first-order chi connectivity index (χ1) is 25.2. The Labute approximate surface area is 323 Å². The minimum Gasteiger partial charge on any atom is -0.462 e. The van der Waals surface area contributed by atoms with E-state index < -0.39 is 6.10 Å². The maximum atomic E-state index is 12.7. The highest BCUT2D eigenvalue weighted by Gasteiger charge is 2.19. The summed E-state index contributed by atoms with van der Waals surface area (Å²) in [5.41, 5.74) is 0. The van der Waals surface area contributed by atoms with Crippen LogP contribution in [0.25, 0.3) is 0 Å². The van der Waals surface area contributed by atoms with Crippen molar-refractivity contribution in [3.63, 3.8) is 0 Å². The SMILES string of the molecule is CCCCCCCCCCCCCCC(=O)OC[C@@H](COC(=O)CCCCCCCCCC(C)C)OC(=O)CCCCCCCCCCCC(C)C. The Morgan fingerprint density at radius 2 is 0.635 bits per heavy atom. The predicted octanol–water partition coefficient (Wildman–Crippen LogP) is 14.2. The minimum atomic E-state index is -0.760. The van der Waals surface area contributed by atoms with Crippen LogP contribution in [0, 0.1) is 11.8 Å². The molecular formula is C46H88O6. The van der Waals surface area contributed by atoms with Gasteiger partial charge in [0.25, 0.3) is 0 Å². The van der Waals surface area contributed by atoms with Crippen LogP contribution in [0.2, 0.25) is 0 Å². The number of rotatable bonds is 40. The topological polar surface area (TPSA) is 78.9 Å². The highest BCUT2D eigenvalue weighted by atomic mass is 16.6. The molecule has 0 aromatic rings. The number of unbranched alkanes of at least 4 members (excludes halogenated alkanes) is 25. The van der Waals surface area contributed by atoms with Gasteiger partial charge < -0.3 is 14.2 Å². The van der Waals surface area contributed by atoms with E-state index in [4.69, 9.17) is 14.2 Å². The molecule has 0 bridgehead atoms. The summed E-state index contributed by atoms with van der Waals surface area (Å²) < 4.78 is 16.7. The fourth-order valence-corrected chi connectivity index (χ4v) is 6.75. The maximum absolute atomic E-state index is 12.7. The number of hydrogen-bond donors (Lipinski definition) is 0. The van der Waals surface area contributed by atoms with E-state index in [1.54, 1.807) is 0 Å². The lowest BCUT2D eigenvalue weighted by Gasteiger charge is -2.18. The van der Waals surface area contributed by atoms with Gasteiger partial charge in [0.05, 0.1) is 0 Å². The van der Waals surface area contributed by atoms with Crippen LogP contribution in [0.3, 0.4) is 0 Å². The van der Waals surface area contributed by atoms with Crippen molar-refractivity contribution in [3.8, 4) is 0 Å². The average molecular weight is 737 g/mol. The van der Waals surface area contributed by atoms with E-state index in [1.807, 2.05) is 0 Å². The fourth-order valence-electron chi connectivity index (χ4n) is 6.75. The largest absolute Gasteiger partial charge is 0.462 e. The molecular weight excluding hydrogens is 648 g/mol. The third-order valence-electron chi connectivity index (χ3n) is 10.2. The Bertz CT molecular complexity index is 794. The zero-order chi connectivity index (χ0) is 38.3. The standard InChI is InChI=1S/C46H88O6/c1-6-7-8-9-10-11-12-13-16-21-26-31-36-44(47)50-39-43(40-51-45(48)37-32-27-23-18-20-25-30-35-42(4)5)52-46(49)38-33-28-22-17-14-15-19-24-29-34-41(2)3/h41-43H,6-40H2,1-5H3/t43-/m0/s1. The summed E-state index contributed by atoms with van der Waals surface area (Å²) in [5, 5.41) is 0. The van der Waals surface area contributed by atoms with E-state index in [2.05, 4.69) is 34.6 Å². The number of esters is 3. The Balaban J connectivity index is 4.34. The molecule has 52 heavy (non-hydrogen) atoms. The van der Waals surface area contributed by atoms with E-state index in [0.717, 1.165) is 69.6 Å². The van der Waals surface area contributed by atoms with E-state index in [-0.39, 0.29) is 31.1 Å². The van der Waals surface area contributed by atoms with Gasteiger partial charge in [0, 0.05) is 19.3 Å². The third-order valence-corrected chi connectivity index (χ3v) is 10.2. The van der Waals surface area contributed by atoms with Crippen molar-refractivity contribution in [3.05, 3.63) is 0 Å². The molecule has 0 saturated carbocycles. The summed E-state index contributed by atoms with van der Waals surface area (Å²) in [6, 6.07) is 0. The fraction of sp³-hybridized carbons (Fsp3) is 0.935. The van der Waals surface area contributed by atoms with Gasteiger partial charge in [-0.25, -0.2) is 0 Å². The molecule has 0 spiro atoms. The molecule has 0 N–H and O–H groups in total. The average Bonchev–Trinajstić information content (AvgIpc) is 3.11. The molecule has 308 valence electrons. The van der Waals surface area contributed by atoms with Gasteiger partial charge in [-0.05, 0) is 31.1 Å². The molecule has 0 aromatic carbocycles. The Morgan fingerprint density at radius 1 is 0.365 bits per heavy atom. The molecule has 1 atom stereocenters. The van der Waals surface area contributed by atoms with E-state index in [0.29, 0.717) is 19.3 Å². The Kier molecular flexibility index (Phi) is 37.9. The van der Waals surface area contributed by atoms with Crippen LogP contribution in [-0.4, -0.2) is 37.2 Å². The monoisotopic (exact) mass is 737 g/mol. The summed E-state index contributed by atoms with van der Waals surface area (Å²) >= 11 is 0. The third kappa shape index (κ3) is 39.6. The number of carbonyl (C=O) groups excluding carboxylic acids is 3. The summed E-state index contributed by atoms with van der Waals surface area (Å²) in [5.74, 6) is 0.726. The first-order valence-electron chi connectivity index (χ1n) is 22.7. The molecule has 0 amide bonds. The molecule has 6 heteroatoms. The van der Waals surface area contributed by atoms with Crippen molar-refractivity contribution in [2.24, 2.45) is 11.8 Å². The second-order valence-corrected chi connectivity index (χ2v) is 16.6. The minimum absolute atomic E-state index is 0.0654. The first-order valence-corrected chi connectivity index (χ1v) is 22.7. The molecule has 0 heterocycles. The lowest BCUT2D eigenvalue weighted by molar-refractivity contribution is -0.167. The zero-order valence-corrected chi connectivity index (χ0v) is 35.4. The van der Waals surface area contributed by atoms with Gasteiger partial charge in [-0.15, -0.1) is 0 Å². The van der Waals surface area contributed by atoms with Crippen LogP contribution in [0.5, 0.6) is 0 Å². The molecule has 0 fully saturated rings. The molecule has 0 aliphatic heterocycles. The van der Waals surface area contributed by atoms with Crippen molar-refractivity contribution in [2.45, 2.75) is 253 Å². The zero-order valence-electron chi connectivity index (χ0n) is 35.4. The van der Waals surface area contributed by atoms with E-state index in [9.17, 15) is 14.4 Å². The first kappa shape index (κ1) is 50.4. The molecule has 0 aromatic heterocycles. The number of carbonyl (C=O) groups is 3. The molecule has 0 aliphatic rings. The molecule has 0 aliphatic carbocycles. The van der Waals surface area contributed by atoms with Crippen LogP contribution >= 0.6 is 0 Å². The summed E-state index contributed by atoms with van der Waals surface area (Å²) in [6.07, 6.45) is 36.6. The van der Waals surface area contributed by atoms with Crippen molar-refractivity contribution >= 4 is 17.9 Å². The van der Waals surface area contributed by atoms with Gasteiger partial charge in [0.1, 0.15) is 13.2 Å². The van der Waals surface area contributed by atoms with Crippen molar-refractivity contribution in [1.82, 2.24) is 0 Å². The number of ether oxygens (including phenoxy) is 3. The molecule has 0 unspecified atom stereocenters.